The Hall–Kier alpha value is -2.49. The van der Waals surface area contributed by atoms with Gasteiger partial charge in [-0.25, -0.2) is 13.2 Å². The van der Waals surface area contributed by atoms with Crippen molar-refractivity contribution in [3.05, 3.63) is 33.9 Å². The van der Waals surface area contributed by atoms with E-state index in [1.807, 2.05) is 0 Å². The molecule has 1 rings (SSSR count). The maximum absolute atomic E-state index is 11.9. The third kappa shape index (κ3) is 4.74. The topological polar surface area (TPSA) is 133 Å². The Bertz CT molecular complexity index is 743. The summed E-state index contributed by atoms with van der Waals surface area (Å²) in [5.74, 6) is -1.48. The van der Waals surface area contributed by atoms with Crippen LogP contribution in [0.5, 0.6) is 0 Å². The van der Waals surface area contributed by atoms with Gasteiger partial charge in [-0.1, -0.05) is 0 Å². The Morgan fingerprint density at radius 3 is 2.48 bits per heavy atom. The summed E-state index contributed by atoms with van der Waals surface area (Å²) in [6.45, 7) is 3.40. The fourth-order valence-corrected chi connectivity index (χ4v) is 2.53. The highest BCUT2D eigenvalue weighted by atomic mass is 32.2. The molecule has 23 heavy (non-hydrogen) atoms. The van der Waals surface area contributed by atoms with Crippen LogP contribution in [0.15, 0.2) is 23.1 Å². The van der Waals surface area contributed by atoms with Gasteiger partial charge in [0.15, 0.2) is 15.9 Å². The number of ether oxygens (including phenoxy) is 1. The summed E-state index contributed by atoms with van der Waals surface area (Å²) >= 11 is 0. The summed E-state index contributed by atoms with van der Waals surface area (Å²) in [5.41, 5.74) is -0.951. The number of hydrogen-bond donors (Lipinski definition) is 1. The molecule has 1 N–H and O–H groups in total. The quantitative estimate of drug-likeness (QED) is 0.456. The van der Waals surface area contributed by atoms with Crippen molar-refractivity contribution in [2.24, 2.45) is 0 Å². The van der Waals surface area contributed by atoms with Gasteiger partial charge in [0.25, 0.3) is 11.6 Å². The number of rotatable bonds is 6. The van der Waals surface area contributed by atoms with Crippen molar-refractivity contribution < 1.29 is 27.7 Å². The van der Waals surface area contributed by atoms with Crippen molar-refractivity contribution in [3.63, 3.8) is 0 Å². The third-order valence-electron chi connectivity index (χ3n) is 2.79. The molecule has 0 radical (unpaired) electrons. The number of amides is 1. The van der Waals surface area contributed by atoms with Crippen LogP contribution in [0.4, 0.5) is 5.69 Å². The number of hydrogen-bond acceptors (Lipinski definition) is 7. The minimum atomic E-state index is -3.82. The maximum atomic E-state index is 11.9. The van der Waals surface area contributed by atoms with E-state index in [2.05, 4.69) is 5.32 Å². The molecule has 0 aliphatic carbocycles. The van der Waals surface area contributed by atoms with E-state index in [9.17, 15) is 28.1 Å². The average Bonchev–Trinajstić information content (AvgIpc) is 2.45. The van der Waals surface area contributed by atoms with Crippen LogP contribution >= 0.6 is 0 Å². The predicted molar refractivity (Wildman–Crippen MR) is 79.8 cm³/mol. The Morgan fingerprint density at radius 2 is 2.00 bits per heavy atom. The summed E-state index contributed by atoms with van der Waals surface area (Å²) in [4.78, 5) is 33.0. The number of benzene rings is 1. The van der Waals surface area contributed by atoms with Gasteiger partial charge in [0.1, 0.15) is 4.90 Å². The normalized spacial score (nSPS) is 12.3. The van der Waals surface area contributed by atoms with Crippen molar-refractivity contribution >= 4 is 27.4 Å². The lowest BCUT2D eigenvalue weighted by Crippen LogP contribution is -2.35. The van der Waals surface area contributed by atoms with E-state index in [1.165, 1.54) is 6.92 Å². The van der Waals surface area contributed by atoms with E-state index in [0.29, 0.717) is 6.54 Å². The molecule has 10 heteroatoms. The van der Waals surface area contributed by atoms with Crippen molar-refractivity contribution in [1.29, 1.82) is 0 Å². The molecule has 0 spiro atoms. The fraction of sp³-hybridized carbons (Fsp3) is 0.385. The molecule has 126 valence electrons. The average molecular weight is 344 g/mol. The Balaban J connectivity index is 3.10. The largest absolute Gasteiger partial charge is 0.449 e. The summed E-state index contributed by atoms with van der Waals surface area (Å²) < 4.78 is 27.9. The van der Waals surface area contributed by atoms with E-state index in [0.717, 1.165) is 24.5 Å². The monoisotopic (exact) mass is 344 g/mol. The highest BCUT2D eigenvalue weighted by Gasteiger charge is 2.25. The molecular weight excluding hydrogens is 328 g/mol. The standard InChI is InChI=1S/C13H16N2O7S/c1-4-14-12(16)8(2)22-13(17)9-5-6-11(23(3,20)21)10(7-9)15(18)19/h5-8H,4H2,1-3H3,(H,14,16)/t8-/m0/s1. The zero-order chi connectivity index (χ0) is 17.8. The first-order chi connectivity index (χ1) is 10.6. The number of nitrogens with zero attached hydrogens (tertiary/aromatic N) is 1. The summed E-state index contributed by atoms with van der Waals surface area (Å²) in [5, 5.41) is 13.4. The van der Waals surface area contributed by atoms with E-state index in [4.69, 9.17) is 4.74 Å². The Morgan fingerprint density at radius 1 is 1.39 bits per heavy atom. The van der Waals surface area contributed by atoms with Gasteiger partial charge in [0, 0.05) is 18.9 Å². The van der Waals surface area contributed by atoms with Crippen molar-refractivity contribution in [3.8, 4) is 0 Å². The highest BCUT2D eigenvalue weighted by Crippen LogP contribution is 2.25. The van der Waals surface area contributed by atoms with Crippen LogP contribution in [0.1, 0.15) is 24.2 Å². The van der Waals surface area contributed by atoms with Gasteiger partial charge in [0.05, 0.1) is 10.5 Å². The lowest BCUT2D eigenvalue weighted by Gasteiger charge is -2.12. The van der Waals surface area contributed by atoms with E-state index >= 15 is 0 Å². The molecule has 0 aromatic heterocycles. The first-order valence-electron chi connectivity index (χ1n) is 6.55. The SMILES string of the molecule is CCNC(=O)[C@H](C)OC(=O)c1ccc(S(C)(=O)=O)c([N+](=O)[O-])c1. The third-order valence-corrected chi connectivity index (χ3v) is 3.94. The number of carbonyl (C=O) groups is 2. The van der Waals surface area contributed by atoms with Gasteiger partial charge in [-0.15, -0.1) is 0 Å². The van der Waals surface area contributed by atoms with Crippen molar-refractivity contribution in [2.75, 3.05) is 12.8 Å². The van der Waals surface area contributed by atoms with Gasteiger partial charge >= 0.3 is 5.97 Å². The van der Waals surface area contributed by atoms with Crippen LogP contribution in [-0.4, -0.2) is 44.1 Å². The number of likely N-dealkylation sites (N-methyl/N-ethyl adjacent to an activating group) is 1. The number of sulfone groups is 1. The van der Waals surface area contributed by atoms with Crippen LogP contribution in [0.3, 0.4) is 0 Å². The molecule has 1 atom stereocenters. The van der Waals surface area contributed by atoms with Crippen LogP contribution in [0, 0.1) is 10.1 Å². The van der Waals surface area contributed by atoms with Crippen LogP contribution in [0.2, 0.25) is 0 Å². The minimum Gasteiger partial charge on any atom is -0.449 e. The van der Waals surface area contributed by atoms with Crippen LogP contribution < -0.4 is 5.32 Å². The predicted octanol–water partition coefficient (Wildman–Crippen LogP) is 0.680. The van der Waals surface area contributed by atoms with Gasteiger partial charge < -0.3 is 10.1 Å². The van der Waals surface area contributed by atoms with Crippen LogP contribution in [0.25, 0.3) is 0 Å². The van der Waals surface area contributed by atoms with E-state index in [-0.39, 0.29) is 5.56 Å². The molecule has 0 heterocycles. The molecule has 0 bridgehead atoms. The van der Waals surface area contributed by atoms with Crippen molar-refractivity contribution in [2.45, 2.75) is 24.8 Å². The molecule has 0 aliphatic rings. The maximum Gasteiger partial charge on any atom is 0.339 e. The van der Waals surface area contributed by atoms with Crippen LogP contribution in [-0.2, 0) is 19.4 Å². The smallest absolute Gasteiger partial charge is 0.339 e. The molecule has 0 saturated carbocycles. The van der Waals surface area contributed by atoms with Crippen molar-refractivity contribution in [1.82, 2.24) is 5.32 Å². The van der Waals surface area contributed by atoms with Gasteiger partial charge in [0.2, 0.25) is 0 Å². The number of nitrogens with one attached hydrogen (secondary N) is 1. The van der Waals surface area contributed by atoms with E-state index in [1.54, 1.807) is 6.92 Å². The van der Waals surface area contributed by atoms with Gasteiger partial charge in [-0.2, -0.15) is 0 Å². The van der Waals surface area contributed by atoms with Gasteiger partial charge in [-0.05, 0) is 26.0 Å². The van der Waals surface area contributed by atoms with E-state index < -0.39 is 43.3 Å². The summed E-state index contributed by atoms with van der Waals surface area (Å²) in [6, 6.07) is 2.86. The molecule has 1 aromatic rings. The molecule has 1 amide bonds. The molecule has 0 fully saturated rings. The Labute approximate surface area is 132 Å². The second kappa shape index (κ2) is 7.18. The first kappa shape index (κ1) is 18.6. The lowest BCUT2D eigenvalue weighted by molar-refractivity contribution is -0.387. The molecule has 1 aromatic carbocycles. The zero-order valence-electron chi connectivity index (χ0n) is 12.7. The number of nitro groups is 1. The number of carbonyl (C=O) groups excluding carboxylic acids is 2. The molecule has 9 nitrogen and oxygen atoms in total. The lowest BCUT2D eigenvalue weighted by atomic mass is 10.2. The summed E-state index contributed by atoms with van der Waals surface area (Å²) in [7, 11) is -3.82. The number of nitro benzene ring substituents is 1. The summed E-state index contributed by atoms with van der Waals surface area (Å²) in [6.07, 6.45) is -0.263. The second-order valence-electron chi connectivity index (χ2n) is 4.65. The highest BCUT2D eigenvalue weighted by molar-refractivity contribution is 7.90. The minimum absolute atomic E-state index is 0.222. The second-order valence-corrected chi connectivity index (χ2v) is 6.64. The fourth-order valence-electron chi connectivity index (χ4n) is 1.70. The molecule has 0 saturated heterocycles. The number of esters is 1. The molecule has 0 unspecified atom stereocenters. The zero-order valence-corrected chi connectivity index (χ0v) is 13.5. The molecule has 0 aliphatic heterocycles. The van der Waals surface area contributed by atoms with Gasteiger partial charge in [-0.3, -0.25) is 14.9 Å². The first-order valence-corrected chi connectivity index (χ1v) is 8.44. The Kier molecular flexibility index (Phi) is 5.79. The molecular formula is C13H16N2O7S.